The Balaban J connectivity index is 3.42. The highest BCUT2D eigenvalue weighted by Crippen LogP contribution is 2.40. The Hall–Kier alpha value is -0.940. The van der Waals surface area contributed by atoms with Crippen LogP contribution >= 0.6 is 11.6 Å². The highest BCUT2D eigenvalue weighted by Gasteiger charge is 2.37. The second kappa shape index (κ2) is 4.28. The van der Waals surface area contributed by atoms with Gasteiger partial charge in [-0.15, -0.1) is 0 Å². The Labute approximate surface area is 89.2 Å². The molecule has 0 unspecified atom stereocenters. The van der Waals surface area contributed by atoms with Gasteiger partial charge in [0.1, 0.15) is 18.2 Å². The van der Waals surface area contributed by atoms with E-state index in [1.807, 2.05) is 0 Å². The topological polar surface area (TPSA) is 29.5 Å². The summed E-state index contributed by atoms with van der Waals surface area (Å²) < 4.78 is 44.0. The third-order valence-corrected chi connectivity index (χ3v) is 2.21. The van der Waals surface area contributed by atoms with Crippen molar-refractivity contribution < 1.29 is 23.0 Å². The molecule has 0 radical (unpaired) electrons. The number of benzene rings is 1. The molecular formula is C9H8ClF3O2. The Morgan fingerprint density at radius 3 is 2.53 bits per heavy atom. The lowest BCUT2D eigenvalue weighted by Crippen LogP contribution is -2.20. The van der Waals surface area contributed by atoms with Crippen LogP contribution in [0.4, 0.5) is 13.2 Å². The van der Waals surface area contributed by atoms with Gasteiger partial charge in [-0.05, 0) is 12.1 Å². The zero-order chi connectivity index (χ0) is 11.6. The summed E-state index contributed by atoms with van der Waals surface area (Å²) in [5.41, 5.74) is -0.839. The van der Waals surface area contributed by atoms with Gasteiger partial charge in [-0.25, -0.2) is 4.39 Å². The van der Waals surface area contributed by atoms with Gasteiger partial charge in [0.05, 0.1) is 17.7 Å². The van der Waals surface area contributed by atoms with Crippen LogP contribution in [0, 0.1) is 5.82 Å². The lowest BCUT2D eigenvalue weighted by atomic mass is 10.1. The van der Waals surface area contributed by atoms with E-state index in [9.17, 15) is 13.2 Å². The van der Waals surface area contributed by atoms with E-state index < -0.39 is 28.9 Å². The van der Waals surface area contributed by atoms with Crippen LogP contribution in [0.15, 0.2) is 12.1 Å². The number of aliphatic hydroxyl groups is 1. The maximum Gasteiger partial charge on any atom is 0.300 e. The predicted octanol–water partition coefficient (Wildman–Crippen LogP) is 2.57. The third kappa shape index (κ3) is 2.18. The zero-order valence-corrected chi connectivity index (χ0v) is 8.49. The smallest absolute Gasteiger partial charge is 0.300 e. The SMILES string of the molecule is COc1ccc(F)c(Cl)c1C(F)(F)CO. The number of halogens is 4. The fraction of sp³-hybridized carbons (Fsp3) is 0.333. The first-order valence-corrected chi connectivity index (χ1v) is 4.33. The summed E-state index contributed by atoms with van der Waals surface area (Å²) in [4.78, 5) is 0. The minimum atomic E-state index is -3.63. The molecule has 0 aliphatic rings. The van der Waals surface area contributed by atoms with Gasteiger partial charge in [0.25, 0.3) is 0 Å². The van der Waals surface area contributed by atoms with E-state index in [-0.39, 0.29) is 5.75 Å². The van der Waals surface area contributed by atoms with Crippen LogP contribution in [0.1, 0.15) is 5.56 Å². The van der Waals surface area contributed by atoms with Crippen LogP contribution in [0.3, 0.4) is 0 Å². The van der Waals surface area contributed by atoms with Crippen molar-refractivity contribution in [2.24, 2.45) is 0 Å². The van der Waals surface area contributed by atoms with E-state index in [0.29, 0.717) is 0 Å². The summed E-state index contributed by atoms with van der Waals surface area (Å²) >= 11 is 5.39. The summed E-state index contributed by atoms with van der Waals surface area (Å²) in [5, 5.41) is 7.75. The molecule has 0 bridgehead atoms. The highest BCUT2D eigenvalue weighted by molar-refractivity contribution is 6.31. The number of rotatable bonds is 3. The maximum absolute atomic E-state index is 13.2. The molecular weight excluding hydrogens is 233 g/mol. The molecule has 0 aliphatic carbocycles. The number of ether oxygens (including phenoxy) is 1. The van der Waals surface area contributed by atoms with Gasteiger partial charge < -0.3 is 9.84 Å². The minimum Gasteiger partial charge on any atom is -0.496 e. The molecule has 0 aromatic heterocycles. The lowest BCUT2D eigenvalue weighted by molar-refractivity contribution is -0.0572. The van der Waals surface area contributed by atoms with Gasteiger partial charge in [-0.2, -0.15) is 8.78 Å². The molecule has 2 nitrogen and oxygen atoms in total. The summed E-state index contributed by atoms with van der Waals surface area (Å²) in [7, 11) is 1.15. The van der Waals surface area contributed by atoms with Crippen molar-refractivity contribution in [3.63, 3.8) is 0 Å². The Bertz CT molecular complexity index is 369. The van der Waals surface area contributed by atoms with Crippen LogP contribution in [-0.4, -0.2) is 18.8 Å². The van der Waals surface area contributed by atoms with Crippen LogP contribution in [0.25, 0.3) is 0 Å². The molecule has 1 N–H and O–H groups in total. The van der Waals surface area contributed by atoms with Gasteiger partial charge in [0.2, 0.25) is 0 Å². The molecule has 6 heteroatoms. The molecule has 0 saturated heterocycles. The summed E-state index contributed by atoms with van der Waals surface area (Å²) in [5.74, 6) is -4.88. The van der Waals surface area contributed by atoms with Crippen LogP contribution in [-0.2, 0) is 5.92 Å². The molecule has 1 aromatic carbocycles. The standard InChI is InChI=1S/C9H8ClF3O2/c1-15-6-3-2-5(11)8(10)7(6)9(12,13)4-14/h2-3,14H,4H2,1H3. The average molecular weight is 241 g/mol. The number of hydrogen-bond donors (Lipinski definition) is 1. The summed E-state index contributed by atoms with van der Waals surface area (Å²) in [6.45, 7) is -1.47. The Kier molecular flexibility index (Phi) is 3.46. The number of aliphatic hydroxyl groups excluding tert-OH is 1. The average Bonchev–Trinajstić information content (AvgIpc) is 2.21. The van der Waals surface area contributed by atoms with Crippen molar-refractivity contribution >= 4 is 11.6 Å². The van der Waals surface area contributed by atoms with E-state index in [1.165, 1.54) is 0 Å². The van der Waals surface area contributed by atoms with Gasteiger partial charge in [-0.3, -0.25) is 0 Å². The van der Waals surface area contributed by atoms with E-state index in [1.54, 1.807) is 0 Å². The van der Waals surface area contributed by atoms with E-state index in [0.717, 1.165) is 19.2 Å². The van der Waals surface area contributed by atoms with Gasteiger partial charge in [0, 0.05) is 0 Å². The molecule has 0 amide bonds. The van der Waals surface area contributed by atoms with Crippen molar-refractivity contribution in [3.8, 4) is 5.75 Å². The lowest BCUT2D eigenvalue weighted by Gasteiger charge is -2.18. The van der Waals surface area contributed by atoms with Gasteiger partial charge in [-0.1, -0.05) is 11.6 Å². The van der Waals surface area contributed by atoms with E-state index in [2.05, 4.69) is 4.74 Å². The monoisotopic (exact) mass is 240 g/mol. The molecule has 1 rings (SSSR count). The third-order valence-electron chi connectivity index (χ3n) is 1.84. The van der Waals surface area contributed by atoms with Crippen LogP contribution in [0.2, 0.25) is 5.02 Å². The Morgan fingerprint density at radius 2 is 2.07 bits per heavy atom. The highest BCUT2D eigenvalue weighted by atomic mass is 35.5. The molecule has 0 fully saturated rings. The number of hydrogen-bond acceptors (Lipinski definition) is 2. The molecule has 0 aliphatic heterocycles. The molecule has 0 atom stereocenters. The van der Waals surface area contributed by atoms with Crippen LogP contribution < -0.4 is 4.74 Å². The second-order valence-electron chi connectivity index (χ2n) is 2.80. The van der Waals surface area contributed by atoms with Gasteiger partial charge >= 0.3 is 5.92 Å². The van der Waals surface area contributed by atoms with Crippen molar-refractivity contribution in [3.05, 3.63) is 28.5 Å². The largest absolute Gasteiger partial charge is 0.496 e. The predicted molar refractivity (Wildman–Crippen MR) is 48.9 cm³/mol. The van der Waals surface area contributed by atoms with Crippen molar-refractivity contribution in [1.29, 1.82) is 0 Å². The first kappa shape index (κ1) is 12.1. The van der Waals surface area contributed by atoms with Crippen LogP contribution in [0.5, 0.6) is 5.75 Å². The van der Waals surface area contributed by atoms with E-state index in [4.69, 9.17) is 16.7 Å². The number of alkyl halides is 2. The Morgan fingerprint density at radius 1 is 1.47 bits per heavy atom. The van der Waals surface area contributed by atoms with Crippen molar-refractivity contribution in [2.45, 2.75) is 5.92 Å². The fourth-order valence-electron chi connectivity index (χ4n) is 1.12. The quantitative estimate of drug-likeness (QED) is 0.880. The molecule has 84 valence electrons. The van der Waals surface area contributed by atoms with Crippen molar-refractivity contribution in [2.75, 3.05) is 13.7 Å². The fourth-order valence-corrected chi connectivity index (χ4v) is 1.42. The maximum atomic E-state index is 13.2. The minimum absolute atomic E-state index is 0.263. The normalized spacial score (nSPS) is 11.6. The molecule has 15 heavy (non-hydrogen) atoms. The van der Waals surface area contributed by atoms with Gasteiger partial charge in [0.15, 0.2) is 0 Å². The number of methoxy groups -OCH3 is 1. The van der Waals surface area contributed by atoms with Crippen molar-refractivity contribution in [1.82, 2.24) is 0 Å². The molecule has 1 aromatic rings. The molecule has 0 heterocycles. The zero-order valence-electron chi connectivity index (χ0n) is 7.73. The summed E-state index contributed by atoms with van der Waals surface area (Å²) in [6, 6.07) is 1.94. The van der Waals surface area contributed by atoms with E-state index >= 15 is 0 Å². The molecule has 0 saturated carbocycles. The second-order valence-corrected chi connectivity index (χ2v) is 3.18. The molecule has 0 spiro atoms. The first-order chi connectivity index (χ1) is 6.94. The summed E-state index contributed by atoms with van der Waals surface area (Å²) in [6.07, 6.45) is 0. The first-order valence-electron chi connectivity index (χ1n) is 3.95.